The summed E-state index contributed by atoms with van der Waals surface area (Å²) in [4.78, 5) is 15.7. The predicted octanol–water partition coefficient (Wildman–Crippen LogP) is 2.28. The molecule has 1 aromatic heterocycles. The van der Waals surface area contributed by atoms with Gasteiger partial charge in [0.15, 0.2) is 0 Å². The third-order valence-corrected chi connectivity index (χ3v) is 3.85. The van der Waals surface area contributed by atoms with Crippen LogP contribution in [0.15, 0.2) is 10.9 Å². The average molecular weight is 338 g/mol. The number of halogens is 3. The summed E-state index contributed by atoms with van der Waals surface area (Å²) in [6.45, 7) is 1.03. The normalized spacial score (nSPS) is 22.5. The Morgan fingerprint density at radius 3 is 3.05 bits per heavy atom. The number of nitrogens with one attached hydrogen (secondary N) is 1. The van der Waals surface area contributed by atoms with Crippen LogP contribution in [0.4, 0.5) is 13.2 Å². The maximum atomic E-state index is 12.1. The van der Waals surface area contributed by atoms with Crippen LogP contribution in [0.3, 0.4) is 0 Å². The average Bonchev–Trinajstić information content (AvgIpc) is 2.97. The number of carbonyl (C=O) groups excluding carboxylic acids is 1. The van der Waals surface area contributed by atoms with E-state index in [1.165, 1.54) is 11.3 Å². The van der Waals surface area contributed by atoms with Crippen molar-refractivity contribution in [3.63, 3.8) is 0 Å². The number of rotatable bonds is 6. The number of hydrogen-bond acceptors (Lipinski definition) is 5. The Morgan fingerprint density at radius 1 is 1.55 bits per heavy atom. The lowest BCUT2D eigenvalue weighted by molar-refractivity contribution is -0.146. The van der Waals surface area contributed by atoms with Gasteiger partial charge < -0.3 is 14.8 Å². The third kappa shape index (κ3) is 5.90. The van der Waals surface area contributed by atoms with Crippen molar-refractivity contribution in [3.8, 4) is 0 Å². The van der Waals surface area contributed by atoms with E-state index in [0.717, 1.165) is 5.69 Å². The molecule has 2 atom stereocenters. The van der Waals surface area contributed by atoms with Gasteiger partial charge in [-0.2, -0.15) is 13.2 Å². The molecule has 0 radical (unpaired) electrons. The minimum absolute atomic E-state index is 0.284. The zero-order valence-electron chi connectivity index (χ0n) is 11.8. The SMILES string of the molecule is O=C(CCC(F)(F)F)NC1CCOCC1OCc1cscn1. The second kappa shape index (κ2) is 7.89. The molecular weight excluding hydrogens is 321 g/mol. The number of amides is 1. The van der Waals surface area contributed by atoms with Crippen molar-refractivity contribution in [1.82, 2.24) is 10.3 Å². The van der Waals surface area contributed by atoms with Crippen LogP contribution in [0.25, 0.3) is 0 Å². The highest BCUT2D eigenvalue weighted by molar-refractivity contribution is 7.07. The highest BCUT2D eigenvalue weighted by Gasteiger charge is 2.31. The fraction of sp³-hybridized carbons (Fsp3) is 0.692. The van der Waals surface area contributed by atoms with Crippen LogP contribution >= 0.6 is 11.3 Å². The lowest BCUT2D eigenvalue weighted by atomic mass is 10.1. The quantitative estimate of drug-likeness (QED) is 0.864. The Kier molecular flexibility index (Phi) is 6.16. The van der Waals surface area contributed by atoms with Crippen molar-refractivity contribution in [2.75, 3.05) is 13.2 Å². The molecule has 0 aromatic carbocycles. The summed E-state index contributed by atoms with van der Waals surface area (Å²) < 4.78 is 47.3. The van der Waals surface area contributed by atoms with Crippen LogP contribution in [0, 0.1) is 0 Å². The highest BCUT2D eigenvalue weighted by atomic mass is 32.1. The molecule has 0 saturated carbocycles. The summed E-state index contributed by atoms with van der Waals surface area (Å²) in [5.74, 6) is -0.619. The van der Waals surface area contributed by atoms with Gasteiger partial charge in [0.25, 0.3) is 0 Å². The standard InChI is InChI=1S/C13H17F3N2O3S/c14-13(15,16)3-1-12(19)18-10-2-4-20-6-11(10)21-5-9-7-22-8-17-9/h7-8,10-11H,1-6H2,(H,18,19). The molecule has 0 spiro atoms. The summed E-state index contributed by atoms with van der Waals surface area (Å²) in [5.41, 5.74) is 2.46. The van der Waals surface area contributed by atoms with Crippen molar-refractivity contribution in [2.24, 2.45) is 0 Å². The molecule has 1 aliphatic rings. The molecule has 22 heavy (non-hydrogen) atoms. The van der Waals surface area contributed by atoms with Crippen LogP contribution in [-0.2, 0) is 20.9 Å². The summed E-state index contributed by atoms with van der Waals surface area (Å²) >= 11 is 1.45. The lowest BCUT2D eigenvalue weighted by Crippen LogP contribution is -2.50. The zero-order valence-corrected chi connectivity index (χ0v) is 12.6. The van der Waals surface area contributed by atoms with Crippen LogP contribution in [0.5, 0.6) is 0 Å². The molecule has 1 aromatic rings. The Morgan fingerprint density at radius 2 is 2.36 bits per heavy atom. The fourth-order valence-corrected chi connectivity index (χ4v) is 2.62. The molecule has 1 amide bonds. The number of hydrogen-bond donors (Lipinski definition) is 1. The Bertz CT molecular complexity index is 468. The summed E-state index contributed by atoms with van der Waals surface area (Å²) in [6.07, 6.45) is -5.88. The first-order valence-electron chi connectivity index (χ1n) is 6.86. The smallest absolute Gasteiger partial charge is 0.379 e. The van der Waals surface area contributed by atoms with E-state index in [1.54, 1.807) is 5.51 Å². The number of aromatic nitrogens is 1. The van der Waals surface area contributed by atoms with Gasteiger partial charge in [0.1, 0.15) is 6.10 Å². The second-order valence-electron chi connectivity index (χ2n) is 4.98. The molecule has 124 valence electrons. The number of alkyl halides is 3. The van der Waals surface area contributed by atoms with Crippen LogP contribution in [-0.4, -0.2) is 42.4 Å². The summed E-state index contributed by atoms with van der Waals surface area (Å²) in [7, 11) is 0. The lowest BCUT2D eigenvalue weighted by Gasteiger charge is -2.32. The van der Waals surface area contributed by atoms with Gasteiger partial charge in [-0.1, -0.05) is 0 Å². The number of thiazole rings is 1. The first kappa shape index (κ1) is 17.2. The first-order valence-corrected chi connectivity index (χ1v) is 7.81. The maximum absolute atomic E-state index is 12.1. The van der Waals surface area contributed by atoms with Crippen molar-refractivity contribution in [1.29, 1.82) is 0 Å². The van der Waals surface area contributed by atoms with Gasteiger partial charge in [0.2, 0.25) is 5.91 Å². The molecule has 1 fully saturated rings. The van der Waals surface area contributed by atoms with Crippen LogP contribution < -0.4 is 5.32 Å². The molecule has 1 saturated heterocycles. The van der Waals surface area contributed by atoms with E-state index in [9.17, 15) is 18.0 Å². The van der Waals surface area contributed by atoms with E-state index in [4.69, 9.17) is 9.47 Å². The molecule has 2 unspecified atom stereocenters. The molecule has 1 N–H and O–H groups in total. The molecule has 2 rings (SSSR count). The van der Waals surface area contributed by atoms with E-state index in [1.807, 2.05) is 5.38 Å². The van der Waals surface area contributed by atoms with Gasteiger partial charge >= 0.3 is 6.18 Å². The Labute approximate surface area is 129 Å². The van der Waals surface area contributed by atoms with E-state index >= 15 is 0 Å². The minimum atomic E-state index is -4.33. The molecule has 9 heteroatoms. The van der Waals surface area contributed by atoms with E-state index in [-0.39, 0.29) is 18.8 Å². The second-order valence-corrected chi connectivity index (χ2v) is 5.70. The van der Waals surface area contributed by atoms with Crippen molar-refractivity contribution < 1.29 is 27.4 Å². The minimum Gasteiger partial charge on any atom is -0.379 e. The first-order chi connectivity index (χ1) is 10.4. The predicted molar refractivity (Wildman–Crippen MR) is 73.3 cm³/mol. The zero-order chi connectivity index (χ0) is 16.0. The summed E-state index contributed by atoms with van der Waals surface area (Å²) in [6, 6.07) is -0.340. The Balaban J connectivity index is 1.80. The van der Waals surface area contributed by atoms with Gasteiger partial charge in [-0.05, 0) is 6.42 Å². The van der Waals surface area contributed by atoms with Gasteiger partial charge in [0, 0.05) is 18.4 Å². The van der Waals surface area contributed by atoms with Gasteiger partial charge in [0.05, 0.1) is 36.9 Å². The monoisotopic (exact) mass is 338 g/mol. The van der Waals surface area contributed by atoms with Crippen molar-refractivity contribution >= 4 is 17.2 Å². The van der Waals surface area contributed by atoms with Gasteiger partial charge in [-0.3, -0.25) is 4.79 Å². The largest absolute Gasteiger partial charge is 0.389 e. The van der Waals surface area contributed by atoms with Gasteiger partial charge in [-0.25, -0.2) is 4.98 Å². The maximum Gasteiger partial charge on any atom is 0.389 e. The highest BCUT2D eigenvalue weighted by Crippen LogP contribution is 2.21. The molecule has 0 bridgehead atoms. The van der Waals surface area contributed by atoms with E-state index in [0.29, 0.717) is 19.6 Å². The van der Waals surface area contributed by atoms with Crippen molar-refractivity contribution in [3.05, 3.63) is 16.6 Å². The van der Waals surface area contributed by atoms with Crippen LogP contribution in [0.2, 0.25) is 0 Å². The Hall–Kier alpha value is -1.19. The number of ether oxygens (including phenoxy) is 2. The van der Waals surface area contributed by atoms with Crippen LogP contribution in [0.1, 0.15) is 25.0 Å². The number of nitrogens with zero attached hydrogens (tertiary/aromatic N) is 1. The van der Waals surface area contributed by atoms with Gasteiger partial charge in [-0.15, -0.1) is 11.3 Å². The topological polar surface area (TPSA) is 60.5 Å². The number of carbonyl (C=O) groups is 1. The fourth-order valence-electron chi connectivity index (χ4n) is 2.08. The molecule has 2 heterocycles. The van der Waals surface area contributed by atoms with Crippen molar-refractivity contribution in [2.45, 2.75) is 44.2 Å². The van der Waals surface area contributed by atoms with E-state index in [2.05, 4.69) is 10.3 Å². The molecule has 5 nitrogen and oxygen atoms in total. The van der Waals surface area contributed by atoms with E-state index < -0.39 is 24.9 Å². The molecule has 1 aliphatic heterocycles. The summed E-state index contributed by atoms with van der Waals surface area (Å²) in [5, 5.41) is 4.46. The molecule has 0 aliphatic carbocycles. The third-order valence-electron chi connectivity index (χ3n) is 3.21. The molecular formula is C13H17F3N2O3S.